The fourth-order valence-electron chi connectivity index (χ4n) is 2.66. The van der Waals surface area contributed by atoms with Crippen molar-refractivity contribution in [2.45, 2.75) is 25.4 Å². The Morgan fingerprint density at radius 3 is 3.19 bits per heavy atom. The van der Waals surface area contributed by atoms with Gasteiger partial charge in [-0.1, -0.05) is 6.07 Å². The summed E-state index contributed by atoms with van der Waals surface area (Å²) in [5.41, 5.74) is 1.87. The minimum absolute atomic E-state index is 0.0995. The van der Waals surface area contributed by atoms with Crippen LogP contribution in [0.2, 0.25) is 0 Å². The number of imidazole rings is 1. The molecule has 112 valence electrons. The highest BCUT2D eigenvalue weighted by Crippen LogP contribution is 2.09. The number of carbonyl (C=O) groups is 1. The Morgan fingerprint density at radius 2 is 2.38 bits per heavy atom. The van der Waals surface area contributed by atoms with Crippen LogP contribution < -0.4 is 5.32 Å². The van der Waals surface area contributed by atoms with Crippen LogP contribution in [0, 0.1) is 0 Å². The lowest BCUT2D eigenvalue weighted by Gasteiger charge is -2.30. The van der Waals surface area contributed by atoms with E-state index in [1.54, 1.807) is 4.90 Å². The largest absolute Gasteiger partial charge is 0.391 e. The van der Waals surface area contributed by atoms with Gasteiger partial charge in [-0.25, -0.2) is 9.78 Å². The molecule has 0 aromatic carbocycles. The van der Waals surface area contributed by atoms with E-state index in [2.05, 4.69) is 10.3 Å². The number of urea groups is 1. The number of carbonyl (C=O) groups excluding carboxylic acids is 1. The third-order valence-electron chi connectivity index (χ3n) is 3.75. The van der Waals surface area contributed by atoms with Crippen LogP contribution in [0.4, 0.5) is 4.79 Å². The summed E-state index contributed by atoms with van der Waals surface area (Å²) in [6, 6.07) is 5.77. The van der Waals surface area contributed by atoms with Gasteiger partial charge in [-0.15, -0.1) is 0 Å². The predicted molar refractivity (Wildman–Crippen MR) is 79.1 cm³/mol. The van der Waals surface area contributed by atoms with Crippen LogP contribution in [0.5, 0.6) is 0 Å². The van der Waals surface area contributed by atoms with Crippen molar-refractivity contribution in [2.75, 3.05) is 19.6 Å². The number of pyridine rings is 1. The van der Waals surface area contributed by atoms with Crippen LogP contribution in [0.25, 0.3) is 5.65 Å². The first kappa shape index (κ1) is 13.9. The van der Waals surface area contributed by atoms with E-state index >= 15 is 0 Å². The van der Waals surface area contributed by atoms with Gasteiger partial charge in [0.2, 0.25) is 0 Å². The molecule has 0 saturated carbocycles. The molecule has 0 bridgehead atoms. The summed E-state index contributed by atoms with van der Waals surface area (Å²) in [7, 11) is 0. The monoisotopic (exact) mass is 288 g/mol. The summed E-state index contributed by atoms with van der Waals surface area (Å²) in [5, 5.41) is 12.5. The molecule has 3 heterocycles. The molecule has 0 aliphatic carbocycles. The Hall–Kier alpha value is -2.08. The lowest BCUT2D eigenvalue weighted by Crippen LogP contribution is -2.47. The van der Waals surface area contributed by atoms with Gasteiger partial charge in [0.25, 0.3) is 0 Å². The van der Waals surface area contributed by atoms with Gasteiger partial charge in [0.05, 0.1) is 11.8 Å². The molecule has 21 heavy (non-hydrogen) atoms. The number of β-amino-alcohol motifs (C(OH)–C–C–N with tert-alkyl or cyclic N) is 1. The number of piperidine rings is 1. The van der Waals surface area contributed by atoms with Crippen LogP contribution in [0.15, 0.2) is 30.6 Å². The Kier molecular flexibility index (Phi) is 4.06. The average molecular weight is 288 g/mol. The van der Waals surface area contributed by atoms with E-state index in [1.165, 1.54) is 0 Å². The second-order valence-electron chi connectivity index (χ2n) is 5.42. The van der Waals surface area contributed by atoms with E-state index in [4.69, 9.17) is 0 Å². The molecular formula is C15H20N4O2. The highest BCUT2D eigenvalue weighted by Gasteiger charge is 2.21. The number of likely N-dealkylation sites (tertiary alicyclic amines) is 1. The maximum Gasteiger partial charge on any atom is 0.317 e. The van der Waals surface area contributed by atoms with Crippen molar-refractivity contribution in [3.05, 3.63) is 36.3 Å². The number of aliphatic hydroxyl groups is 1. The molecule has 1 saturated heterocycles. The SMILES string of the molecule is O=C(NCCc1cn2ccccc2n1)N1CCCC(O)C1. The Morgan fingerprint density at radius 1 is 1.48 bits per heavy atom. The van der Waals surface area contributed by atoms with Crippen molar-refractivity contribution < 1.29 is 9.90 Å². The number of aromatic nitrogens is 2. The second kappa shape index (κ2) is 6.13. The maximum atomic E-state index is 12.0. The molecule has 3 rings (SSSR count). The predicted octanol–water partition coefficient (Wildman–Crippen LogP) is 1.04. The second-order valence-corrected chi connectivity index (χ2v) is 5.42. The highest BCUT2D eigenvalue weighted by atomic mass is 16.3. The molecule has 6 heteroatoms. The number of hydrogen-bond donors (Lipinski definition) is 2. The van der Waals surface area contributed by atoms with Gasteiger partial charge < -0.3 is 19.7 Å². The van der Waals surface area contributed by atoms with Crippen molar-refractivity contribution in [1.29, 1.82) is 0 Å². The fraction of sp³-hybridized carbons (Fsp3) is 0.467. The minimum Gasteiger partial charge on any atom is -0.391 e. The van der Waals surface area contributed by atoms with E-state index < -0.39 is 0 Å². The van der Waals surface area contributed by atoms with Crippen LogP contribution in [0.3, 0.4) is 0 Å². The Balaban J connectivity index is 1.50. The van der Waals surface area contributed by atoms with E-state index in [0.29, 0.717) is 19.5 Å². The number of rotatable bonds is 3. The summed E-state index contributed by atoms with van der Waals surface area (Å²) in [4.78, 5) is 18.2. The van der Waals surface area contributed by atoms with Crippen molar-refractivity contribution in [3.63, 3.8) is 0 Å². The average Bonchev–Trinajstić information content (AvgIpc) is 2.89. The highest BCUT2D eigenvalue weighted by molar-refractivity contribution is 5.74. The van der Waals surface area contributed by atoms with Crippen LogP contribution >= 0.6 is 0 Å². The summed E-state index contributed by atoms with van der Waals surface area (Å²) in [5.74, 6) is 0. The van der Waals surface area contributed by atoms with E-state index in [1.807, 2.05) is 35.0 Å². The zero-order chi connectivity index (χ0) is 14.7. The number of amides is 2. The zero-order valence-corrected chi connectivity index (χ0v) is 11.9. The van der Waals surface area contributed by atoms with Gasteiger partial charge in [-0.2, -0.15) is 0 Å². The van der Waals surface area contributed by atoms with Crippen molar-refractivity contribution >= 4 is 11.7 Å². The van der Waals surface area contributed by atoms with Gasteiger partial charge >= 0.3 is 6.03 Å². The summed E-state index contributed by atoms with van der Waals surface area (Å²) in [6.45, 7) is 1.70. The molecule has 0 radical (unpaired) electrons. The number of aliphatic hydroxyl groups excluding tert-OH is 1. The van der Waals surface area contributed by atoms with Crippen LogP contribution in [-0.2, 0) is 6.42 Å². The molecule has 2 amide bonds. The first-order chi connectivity index (χ1) is 10.2. The minimum atomic E-state index is -0.386. The number of nitrogens with one attached hydrogen (secondary N) is 1. The summed E-state index contributed by atoms with van der Waals surface area (Å²) >= 11 is 0. The van der Waals surface area contributed by atoms with E-state index in [-0.39, 0.29) is 12.1 Å². The standard InChI is InChI=1S/C15H20N4O2/c20-13-4-3-9-19(11-13)15(21)16-7-6-12-10-18-8-2-1-5-14(18)17-12/h1-2,5,8,10,13,20H,3-4,6-7,9,11H2,(H,16,21). The Bertz CT molecular complexity index is 592. The molecule has 2 aromatic heterocycles. The maximum absolute atomic E-state index is 12.0. The zero-order valence-electron chi connectivity index (χ0n) is 11.9. The number of nitrogens with zero attached hydrogens (tertiary/aromatic N) is 3. The van der Waals surface area contributed by atoms with Gasteiger partial charge in [0.1, 0.15) is 5.65 Å². The summed E-state index contributed by atoms with van der Waals surface area (Å²) in [6.07, 6.45) is 5.89. The molecule has 1 atom stereocenters. The quantitative estimate of drug-likeness (QED) is 0.886. The lowest BCUT2D eigenvalue weighted by atomic mass is 10.1. The molecule has 0 spiro atoms. The molecule has 1 aliphatic rings. The number of hydrogen-bond acceptors (Lipinski definition) is 3. The Labute approximate surface area is 123 Å². The smallest absolute Gasteiger partial charge is 0.317 e. The molecule has 2 aromatic rings. The van der Waals surface area contributed by atoms with Crippen LogP contribution in [0.1, 0.15) is 18.5 Å². The molecule has 6 nitrogen and oxygen atoms in total. The van der Waals surface area contributed by atoms with Crippen molar-refractivity contribution in [2.24, 2.45) is 0 Å². The fourth-order valence-corrected chi connectivity index (χ4v) is 2.66. The normalized spacial score (nSPS) is 18.9. The first-order valence-electron chi connectivity index (χ1n) is 7.36. The topological polar surface area (TPSA) is 69.9 Å². The molecule has 1 aliphatic heterocycles. The number of fused-ring (bicyclic) bond motifs is 1. The van der Waals surface area contributed by atoms with Crippen molar-refractivity contribution in [1.82, 2.24) is 19.6 Å². The third kappa shape index (κ3) is 3.33. The lowest BCUT2D eigenvalue weighted by molar-refractivity contribution is 0.0843. The van der Waals surface area contributed by atoms with Gasteiger partial charge in [0.15, 0.2) is 0 Å². The van der Waals surface area contributed by atoms with Gasteiger partial charge in [0, 0.05) is 38.4 Å². The molecule has 2 N–H and O–H groups in total. The van der Waals surface area contributed by atoms with E-state index in [0.717, 1.165) is 30.7 Å². The summed E-state index contributed by atoms with van der Waals surface area (Å²) < 4.78 is 1.97. The van der Waals surface area contributed by atoms with Gasteiger partial charge in [-0.05, 0) is 25.0 Å². The molecule has 1 fully saturated rings. The molecule has 1 unspecified atom stereocenters. The first-order valence-corrected chi connectivity index (χ1v) is 7.36. The van der Waals surface area contributed by atoms with E-state index in [9.17, 15) is 9.90 Å². The van der Waals surface area contributed by atoms with Gasteiger partial charge in [-0.3, -0.25) is 0 Å². The van der Waals surface area contributed by atoms with Crippen LogP contribution in [-0.4, -0.2) is 51.2 Å². The third-order valence-corrected chi connectivity index (χ3v) is 3.75. The van der Waals surface area contributed by atoms with Crippen molar-refractivity contribution in [3.8, 4) is 0 Å². The molecular weight excluding hydrogens is 268 g/mol.